The van der Waals surface area contributed by atoms with Crippen LogP contribution in [0.25, 0.3) is 39.0 Å². The zero-order valence-corrected chi connectivity index (χ0v) is 21.5. The molecule has 184 valence electrons. The van der Waals surface area contributed by atoms with Gasteiger partial charge in [0.25, 0.3) is 5.56 Å². The zero-order chi connectivity index (χ0) is 25.4. The van der Waals surface area contributed by atoms with E-state index < -0.39 is 0 Å². The Morgan fingerprint density at radius 2 is 1.84 bits per heavy atom. The summed E-state index contributed by atoms with van der Waals surface area (Å²) in [7, 11) is 0. The maximum Gasteiger partial charge on any atom is 0.274 e. The molecule has 6 nitrogen and oxygen atoms in total. The molecule has 0 bridgehead atoms. The molecule has 0 unspecified atom stereocenters. The van der Waals surface area contributed by atoms with Gasteiger partial charge in [-0.2, -0.15) is 5.10 Å². The minimum atomic E-state index is -0.0662. The lowest BCUT2D eigenvalue weighted by Crippen LogP contribution is -2.22. The minimum absolute atomic E-state index is 0.0662. The van der Waals surface area contributed by atoms with Gasteiger partial charge in [0.05, 0.1) is 27.9 Å². The van der Waals surface area contributed by atoms with Gasteiger partial charge in [-0.1, -0.05) is 55.0 Å². The lowest BCUT2D eigenvalue weighted by Gasteiger charge is -2.09. The number of fused-ring (bicyclic) bond motifs is 3. The van der Waals surface area contributed by atoms with E-state index in [4.69, 9.17) is 9.84 Å². The first-order chi connectivity index (χ1) is 18.1. The largest absolute Gasteiger partial charge is 0.494 e. The van der Waals surface area contributed by atoms with Crippen molar-refractivity contribution in [2.75, 3.05) is 6.61 Å². The Bertz CT molecular complexity index is 1830. The van der Waals surface area contributed by atoms with Crippen LogP contribution < -0.4 is 14.8 Å². The summed E-state index contributed by atoms with van der Waals surface area (Å²) in [5, 5.41) is 4.96. The number of aromatic nitrogens is 4. The number of rotatable bonds is 7. The molecular weight excluding hydrogens is 480 g/mol. The predicted molar refractivity (Wildman–Crippen MR) is 150 cm³/mol. The number of ether oxygens (including phenoxy) is 1. The quantitative estimate of drug-likeness (QED) is 0.257. The Morgan fingerprint density at radius 1 is 1.03 bits per heavy atom. The number of para-hydroxylation sites is 3. The third-order valence-corrected chi connectivity index (χ3v) is 7.38. The molecule has 0 radical (unpaired) electrons. The van der Waals surface area contributed by atoms with E-state index in [1.807, 2.05) is 77.6 Å². The second-order valence-electron chi connectivity index (χ2n) is 9.03. The number of unbranched alkanes of at least 4 members (excludes halogenated alkanes) is 1. The molecule has 0 aliphatic rings. The highest BCUT2D eigenvalue weighted by Gasteiger charge is 2.16. The maximum absolute atomic E-state index is 13.4. The van der Waals surface area contributed by atoms with Crippen molar-refractivity contribution in [3.63, 3.8) is 0 Å². The fraction of sp³-hybridized carbons (Fsp3) is 0.167. The molecule has 0 fully saturated rings. The number of thiazole rings is 1. The first kappa shape index (κ1) is 23.2. The van der Waals surface area contributed by atoms with E-state index in [1.165, 1.54) is 11.3 Å². The van der Waals surface area contributed by atoms with Gasteiger partial charge in [0, 0.05) is 17.3 Å². The van der Waals surface area contributed by atoms with E-state index in [0.29, 0.717) is 16.1 Å². The Labute approximate surface area is 218 Å². The number of hydrogen-bond donors (Lipinski definition) is 0. The van der Waals surface area contributed by atoms with Crippen LogP contribution in [-0.2, 0) is 0 Å². The molecular formula is C30H26N4O2S. The summed E-state index contributed by atoms with van der Waals surface area (Å²) in [5.74, 6) is 0.857. The molecule has 6 aromatic rings. The summed E-state index contributed by atoms with van der Waals surface area (Å²) < 4.78 is 10.1. The summed E-state index contributed by atoms with van der Waals surface area (Å²) in [4.78, 5) is 18.8. The second-order valence-corrected chi connectivity index (χ2v) is 10.0. The standard InChI is InChI=1S/C30H26N4O2S/c1-3-4-16-36-23-14-15-24(20(2)17-23)28-21(19-33(32-28)22-10-6-5-7-11-22)18-27-29(35)34-26-13-9-8-12-25(26)31-30(34)37-27/h5-15,17-19H,3-4,16H2,1-2H3. The van der Waals surface area contributed by atoms with E-state index in [9.17, 15) is 4.79 Å². The van der Waals surface area contributed by atoms with Crippen molar-refractivity contribution in [1.82, 2.24) is 19.2 Å². The van der Waals surface area contributed by atoms with Crippen molar-refractivity contribution in [3.8, 4) is 22.7 Å². The number of benzene rings is 3. The molecule has 6 rings (SSSR count). The van der Waals surface area contributed by atoms with Crippen molar-refractivity contribution in [2.24, 2.45) is 0 Å². The molecule has 7 heteroatoms. The topological polar surface area (TPSA) is 61.4 Å². The van der Waals surface area contributed by atoms with Crippen LogP contribution in [0.3, 0.4) is 0 Å². The summed E-state index contributed by atoms with van der Waals surface area (Å²) in [6.45, 7) is 4.93. The Kier molecular flexibility index (Phi) is 6.06. The molecule has 3 aromatic heterocycles. The number of aryl methyl sites for hydroxylation is 1. The fourth-order valence-corrected chi connectivity index (χ4v) is 5.47. The average Bonchev–Trinajstić information content (AvgIpc) is 3.58. The van der Waals surface area contributed by atoms with Crippen LogP contribution in [-0.4, -0.2) is 25.8 Å². The summed E-state index contributed by atoms with van der Waals surface area (Å²) in [6.07, 6.45) is 6.04. The number of hydrogen-bond acceptors (Lipinski definition) is 5. The van der Waals surface area contributed by atoms with E-state index in [2.05, 4.69) is 31.0 Å². The molecule has 0 N–H and O–H groups in total. The van der Waals surface area contributed by atoms with Crippen LogP contribution in [0.2, 0.25) is 0 Å². The van der Waals surface area contributed by atoms with Gasteiger partial charge < -0.3 is 4.74 Å². The minimum Gasteiger partial charge on any atom is -0.494 e. The van der Waals surface area contributed by atoms with Crippen molar-refractivity contribution >= 4 is 33.4 Å². The van der Waals surface area contributed by atoms with Gasteiger partial charge in [-0.05, 0) is 67.4 Å². The van der Waals surface area contributed by atoms with Gasteiger partial charge in [-0.3, -0.25) is 4.79 Å². The maximum atomic E-state index is 13.4. The summed E-state index contributed by atoms with van der Waals surface area (Å²) >= 11 is 1.40. The average molecular weight is 507 g/mol. The highest BCUT2D eigenvalue weighted by Crippen LogP contribution is 2.30. The molecule has 0 aliphatic carbocycles. The zero-order valence-electron chi connectivity index (χ0n) is 20.7. The lowest BCUT2D eigenvalue weighted by atomic mass is 10.0. The van der Waals surface area contributed by atoms with Gasteiger partial charge in [-0.25, -0.2) is 14.1 Å². The van der Waals surface area contributed by atoms with E-state index in [1.54, 1.807) is 4.40 Å². The van der Waals surface area contributed by atoms with Gasteiger partial charge in [0.15, 0.2) is 4.96 Å². The smallest absolute Gasteiger partial charge is 0.274 e. The number of nitrogens with zero attached hydrogens (tertiary/aromatic N) is 4. The second kappa shape index (κ2) is 9.67. The van der Waals surface area contributed by atoms with Gasteiger partial charge in [0.2, 0.25) is 0 Å². The molecule has 0 saturated heterocycles. The summed E-state index contributed by atoms with van der Waals surface area (Å²) in [6, 6.07) is 23.8. The van der Waals surface area contributed by atoms with Gasteiger partial charge in [-0.15, -0.1) is 0 Å². The van der Waals surface area contributed by atoms with Crippen molar-refractivity contribution in [2.45, 2.75) is 26.7 Å². The van der Waals surface area contributed by atoms with Crippen molar-refractivity contribution in [3.05, 3.63) is 105 Å². The SMILES string of the molecule is CCCCOc1ccc(-c2nn(-c3ccccc3)cc2C=c2sc3nc4ccccc4n3c2=O)c(C)c1. The van der Waals surface area contributed by atoms with Gasteiger partial charge in [0.1, 0.15) is 11.4 Å². The normalized spacial score (nSPS) is 12.1. The molecule has 37 heavy (non-hydrogen) atoms. The Hall–Kier alpha value is -4.23. The van der Waals surface area contributed by atoms with Crippen molar-refractivity contribution < 1.29 is 4.74 Å². The van der Waals surface area contributed by atoms with Crippen LogP contribution in [0.1, 0.15) is 30.9 Å². The highest BCUT2D eigenvalue weighted by atomic mass is 32.1. The molecule has 0 spiro atoms. The Balaban J connectivity index is 1.50. The predicted octanol–water partition coefficient (Wildman–Crippen LogP) is 5.80. The molecule has 0 saturated carbocycles. The van der Waals surface area contributed by atoms with E-state index in [-0.39, 0.29) is 5.56 Å². The third kappa shape index (κ3) is 4.32. The van der Waals surface area contributed by atoms with Crippen LogP contribution in [0, 0.1) is 6.92 Å². The molecule has 0 atom stereocenters. The fourth-order valence-electron chi connectivity index (χ4n) is 4.49. The van der Waals surface area contributed by atoms with E-state index in [0.717, 1.165) is 57.7 Å². The third-order valence-electron chi connectivity index (χ3n) is 6.41. The lowest BCUT2D eigenvalue weighted by molar-refractivity contribution is 0.309. The highest BCUT2D eigenvalue weighted by molar-refractivity contribution is 7.15. The van der Waals surface area contributed by atoms with Crippen LogP contribution in [0.15, 0.2) is 83.8 Å². The molecule has 0 aliphatic heterocycles. The van der Waals surface area contributed by atoms with Crippen LogP contribution >= 0.6 is 11.3 Å². The summed E-state index contributed by atoms with van der Waals surface area (Å²) in [5.41, 5.74) is 6.30. The van der Waals surface area contributed by atoms with Crippen LogP contribution in [0.4, 0.5) is 0 Å². The van der Waals surface area contributed by atoms with E-state index >= 15 is 0 Å². The first-order valence-electron chi connectivity index (χ1n) is 12.4. The van der Waals surface area contributed by atoms with Crippen molar-refractivity contribution in [1.29, 1.82) is 0 Å². The number of imidazole rings is 1. The molecule has 0 amide bonds. The Morgan fingerprint density at radius 3 is 2.65 bits per heavy atom. The van der Waals surface area contributed by atoms with Crippen LogP contribution in [0.5, 0.6) is 5.75 Å². The van der Waals surface area contributed by atoms with Gasteiger partial charge >= 0.3 is 0 Å². The molecule has 3 heterocycles. The monoisotopic (exact) mass is 506 g/mol. The molecule has 3 aromatic carbocycles. The first-order valence-corrected chi connectivity index (χ1v) is 13.2.